The van der Waals surface area contributed by atoms with Gasteiger partial charge in [0.25, 0.3) is 0 Å². The van der Waals surface area contributed by atoms with Crippen LogP contribution in [0.5, 0.6) is 11.5 Å². The van der Waals surface area contributed by atoms with E-state index in [2.05, 4.69) is 35.3 Å². The van der Waals surface area contributed by atoms with Gasteiger partial charge in [-0.15, -0.1) is 0 Å². The van der Waals surface area contributed by atoms with E-state index >= 15 is 0 Å². The second-order valence-electron chi connectivity index (χ2n) is 6.91. The van der Waals surface area contributed by atoms with Crippen LogP contribution >= 0.6 is 0 Å². The van der Waals surface area contributed by atoms with Gasteiger partial charge in [-0.2, -0.15) is 5.10 Å². The third-order valence-corrected chi connectivity index (χ3v) is 4.85. The van der Waals surface area contributed by atoms with E-state index in [0.717, 1.165) is 56.3 Å². The molecule has 2 aromatic rings. The number of benzene rings is 1. The predicted molar refractivity (Wildman–Crippen MR) is 101 cm³/mol. The number of ether oxygens (including phenoxy) is 3. The zero-order valence-corrected chi connectivity index (χ0v) is 16.2. The molecule has 0 radical (unpaired) electrons. The van der Waals surface area contributed by atoms with Crippen LogP contribution in [0, 0.1) is 6.92 Å². The third-order valence-electron chi connectivity index (χ3n) is 4.85. The van der Waals surface area contributed by atoms with Crippen molar-refractivity contribution in [2.45, 2.75) is 39.0 Å². The molecule has 1 saturated heterocycles. The molecule has 1 aromatic carbocycles. The molecule has 0 N–H and O–H groups in total. The molecule has 1 aliphatic rings. The van der Waals surface area contributed by atoms with Crippen LogP contribution in [0.4, 0.5) is 0 Å². The van der Waals surface area contributed by atoms with Crippen molar-refractivity contribution in [1.29, 1.82) is 0 Å². The van der Waals surface area contributed by atoms with E-state index in [9.17, 15) is 0 Å². The Morgan fingerprint density at radius 2 is 2.04 bits per heavy atom. The Bertz CT molecular complexity index is 723. The summed E-state index contributed by atoms with van der Waals surface area (Å²) in [7, 11) is 5.30. The third kappa shape index (κ3) is 4.56. The lowest BCUT2D eigenvalue weighted by molar-refractivity contribution is 0.0678. The first-order chi connectivity index (χ1) is 12.6. The molecule has 2 heterocycles. The smallest absolute Gasteiger partial charge is 0.161 e. The second kappa shape index (κ2) is 8.56. The standard InChI is InChI=1S/C20H29N3O3/c1-15-17(12-22(2)21-15)13-23(14-18-6-5-9-26-18)11-16-7-8-19(24-3)20(10-16)25-4/h7-8,10,12,18H,5-6,9,11,13-14H2,1-4H3. The molecule has 0 saturated carbocycles. The van der Waals surface area contributed by atoms with Crippen LogP contribution in [0.1, 0.15) is 29.7 Å². The van der Waals surface area contributed by atoms with Crippen LogP contribution in [0.25, 0.3) is 0 Å². The number of methoxy groups -OCH3 is 2. The van der Waals surface area contributed by atoms with Gasteiger partial charge in [0.1, 0.15) is 0 Å². The highest BCUT2D eigenvalue weighted by Gasteiger charge is 2.21. The van der Waals surface area contributed by atoms with E-state index in [-0.39, 0.29) is 0 Å². The maximum Gasteiger partial charge on any atom is 0.161 e. The van der Waals surface area contributed by atoms with Gasteiger partial charge in [0.05, 0.1) is 26.0 Å². The Hall–Kier alpha value is -2.05. The maximum atomic E-state index is 5.87. The van der Waals surface area contributed by atoms with E-state index in [1.165, 1.54) is 11.1 Å². The van der Waals surface area contributed by atoms with Crippen molar-refractivity contribution >= 4 is 0 Å². The Kier molecular flexibility index (Phi) is 6.16. The number of aryl methyl sites for hydroxylation is 2. The van der Waals surface area contributed by atoms with Crippen molar-refractivity contribution in [2.24, 2.45) is 7.05 Å². The molecule has 0 spiro atoms. The van der Waals surface area contributed by atoms with Crippen molar-refractivity contribution in [3.63, 3.8) is 0 Å². The minimum Gasteiger partial charge on any atom is -0.493 e. The molecule has 1 aromatic heterocycles. The highest BCUT2D eigenvalue weighted by molar-refractivity contribution is 5.42. The molecule has 26 heavy (non-hydrogen) atoms. The van der Waals surface area contributed by atoms with Crippen LogP contribution < -0.4 is 9.47 Å². The van der Waals surface area contributed by atoms with Gasteiger partial charge in [-0.3, -0.25) is 9.58 Å². The molecule has 0 amide bonds. The summed E-state index contributed by atoms with van der Waals surface area (Å²) in [6.45, 7) is 5.54. The molecule has 1 unspecified atom stereocenters. The van der Waals surface area contributed by atoms with Crippen LogP contribution in [-0.2, 0) is 24.9 Å². The quantitative estimate of drug-likeness (QED) is 0.725. The van der Waals surface area contributed by atoms with Gasteiger partial charge in [-0.1, -0.05) is 6.07 Å². The summed E-state index contributed by atoms with van der Waals surface area (Å²) >= 11 is 0. The van der Waals surface area contributed by atoms with E-state index < -0.39 is 0 Å². The highest BCUT2D eigenvalue weighted by atomic mass is 16.5. The zero-order chi connectivity index (χ0) is 18.5. The molecule has 1 fully saturated rings. The van der Waals surface area contributed by atoms with Gasteiger partial charge < -0.3 is 14.2 Å². The lowest BCUT2D eigenvalue weighted by Gasteiger charge is -2.25. The lowest BCUT2D eigenvalue weighted by atomic mass is 10.1. The average molecular weight is 359 g/mol. The van der Waals surface area contributed by atoms with Crippen molar-refractivity contribution < 1.29 is 14.2 Å². The topological polar surface area (TPSA) is 48.8 Å². The van der Waals surface area contributed by atoms with Gasteiger partial charge in [-0.25, -0.2) is 0 Å². The van der Waals surface area contributed by atoms with E-state index in [1.807, 2.05) is 17.8 Å². The van der Waals surface area contributed by atoms with Crippen molar-refractivity contribution in [1.82, 2.24) is 14.7 Å². The largest absolute Gasteiger partial charge is 0.493 e. The molecule has 0 aliphatic carbocycles. The van der Waals surface area contributed by atoms with Gasteiger partial charge in [0.15, 0.2) is 11.5 Å². The maximum absolute atomic E-state index is 5.87. The van der Waals surface area contributed by atoms with Crippen molar-refractivity contribution in [3.05, 3.63) is 41.2 Å². The van der Waals surface area contributed by atoms with Gasteiger partial charge in [0.2, 0.25) is 0 Å². The van der Waals surface area contributed by atoms with Crippen LogP contribution in [-0.4, -0.2) is 48.2 Å². The van der Waals surface area contributed by atoms with Gasteiger partial charge in [0, 0.05) is 45.0 Å². The van der Waals surface area contributed by atoms with Crippen LogP contribution in [0.3, 0.4) is 0 Å². The molecule has 3 rings (SSSR count). The molecular weight excluding hydrogens is 330 g/mol. The van der Waals surface area contributed by atoms with Crippen LogP contribution in [0.2, 0.25) is 0 Å². The van der Waals surface area contributed by atoms with Crippen molar-refractivity contribution in [2.75, 3.05) is 27.4 Å². The summed E-state index contributed by atoms with van der Waals surface area (Å²) < 4.78 is 18.5. The number of hydrogen-bond acceptors (Lipinski definition) is 5. The summed E-state index contributed by atoms with van der Waals surface area (Å²) in [5.41, 5.74) is 3.53. The first-order valence-electron chi connectivity index (χ1n) is 9.13. The van der Waals surface area contributed by atoms with E-state index in [4.69, 9.17) is 14.2 Å². The average Bonchev–Trinajstić information content (AvgIpc) is 3.24. The van der Waals surface area contributed by atoms with Gasteiger partial charge >= 0.3 is 0 Å². The van der Waals surface area contributed by atoms with E-state index in [1.54, 1.807) is 14.2 Å². The number of rotatable bonds is 8. The highest BCUT2D eigenvalue weighted by Crippen LogP contribution is 2.28. The van der Waals surface area contributed by atoms with E-state index in [0.29, 0.717) is 6.10 Å². The lowest BCUT2D eigenvalue weighted by Crippen LogP contribution is -2.31. The summed E-state index contributed by atoms with van der Waals surface area (Å²) in [5, 5.41) is 4.48. The molecule has 142 valence electrons. The minimum absolute atomic E-state index is 0.312. The summed E-state index contributed by atoms with van der Waals surface area (Å²) in [6.07, 6.45) is 4.70. The molecule has 6 nitrogen and oxygen atoms in total. The van der Waals surface area contributed by atoms with Crippen LogP contribution in [0.15, 0.2) is 24.4 Å². The Morgan fingerprint density at radius 1 is 1.23 bits per heavy atom. The minimum atomic E-state index is 0.312. The molecule has 1 atom stereocenters. The number of aromatic nitrogens is 2. The predicted octanol–water partition coefficient (Wildman–Crippen LogP) is 2.93. The SMILES string of the molecule is COc1ccc(CN(Cc2cn(C)nc2C)CC2CCCO2)cc1OC. The molecular formula is C20H29N3O3. The molecule has 0 bridgehead atoms. The second-order valence-corrected chi connectivity index (χ2v) is 6.91. The fourth-order valence-corrected chi connectivity index (χ4v) is 3.54. The first kappa shape index (κ1) is 18.7. The Morgan fingerprint density at radius 3 is 2.65 bits per heavy atom. The normalized spacial score (nSPS) is 17.0. The Balaban J connectivity index is 1.77. The monoisotopic (exact) mass is 359 g/mol. The summed E-state index contributed by atoms with van der Waals surface area (Å²) in [6, 6.07) is 6.12. The van der Waals surface area contributed by atoms with Gasteiger partial charge in [-0.05, 0) is 37.5 Å². The fraction of sp³-hybridized carbons (Fsp3) is 0.550. The fourth-order valence-electron chi connectivity index (χ4n) is 3.54. The Labute approximate surface area is 155 Å². The summed E-state index contributed by atoms with van der Waals surface area (Å²) in [4.78, 5) is 2.43. The molecule has 1 aliphatic heterocycles. The molecule has 6 heteroatoms. The first-order valence-corrected chi connectivity index (χ1v) is 9.13. The number of hydrogen-bond donors (Lipinski definition) is 0. The number of nitrogens with zero attached hydrogens (tertiary/aromatic N) is 3. The summed E-state index contributed by atoms with van der Waals surface area (Å²) in [5.74, 6) is 1.52. The zero-order valence-electron chi connectivity index (χ0n) is 16.2. The van der Waals surface area contributed by atoms with Crippen molar-refractivity contribution in [3.8, 4) is 11.5 Å².